The molecule has 4 atom stereocenters. The number of benzene rings is 2. The van der Waals surface area contributed by atoms with Gasteiger partial charge in [0, 0.05) is 45.0 Å². The number of nitrogens with zero attached hydrogens (tertiary/aromatic N) is 4. The number of amides is 4. The molecule has 1 aliphatic heterocycles. The molecule has 13 heteroatoms. The lowest BCUT2D eigenvalue weighted by atomic mass is 9.99. The van der Waals surface area contributed by atoms with Crippen LogP contribution in [0.1, 0.15) is 44.2 Å². The molecule has 13 nitrogen and oxygen atoms in total. The van der Waals surface area contributed by atoms with Gasteiger partial charge in [-0.3, -0.25) is 24.2 Å². The third-order valence-electron chi connectivity index (χ3n) is 8.67. The second kappa shape index (κ2) is 19.3. The van der Waals surface area contributed by atoms with Gasteiger partial charge in [0.05, 0.1) is 12.2 Å². The third kappa shape index (κ3) is 11.6. The molecule has 1 aliphatic rings. The number of anilines is 1. The van der Waals surface area contributed by atoms with Gasteiger partial charge in [0.1, 0.15) is 23.9 Å². The number of aromatic nitrogens is 2. The molecule has 7 N–H and O–H groups in total. The molecule has 50 heavy (non-hydrogen) atoms. The van der Waals surface area contributed by atoms with Gasteiger partial charge in [-0.2, -0.15) is 0 Å². The second-order valence-electron chi connectivity index (χ2n) is 13.1. The minimum atomic E-state index is -0.991. The zero-order valence-corrected chi connectivity index (χ0v) is 29.0. The van der Waals surface area contributed by atoms with Gasteiger partial charge in [0.2, 0.25) is 23.6 Å². The van der Waals surface area contributed by atoms with E-state index >= 15 is 0 Å². The number of rotatable bonds is 17. The van der Waals surface area contributed by atoms with Crippen LogP contribution in [0.25, 0.3) is 0 Å². The summed E-state index contributed by atoms with van der Waals surface area (Å²) in [5.41, 5.74) is 13.8. The van der Waals surface area contributed by atoms with Crippen molar-refractivity contribution in [1.82, 2.24) is 30.8 Å². The van der Waals surface area contributed by atoms with E-state index in [4.69, 9.17) is 11.5 Å². The molecule has 4 rings (SSSR count). The van der Waals surface area contributed by atoms with E-state index in [-0.39, 0.29) is 18.2 Å². The number of carbonyl (C=O) groups excluding carboxylic acids is 4. The summed E-state index contributed by atoms with van der Waals surface area (Å²) in [4.78, 5) is 67.1. The Morgan fingerprint density at radius 3 is 1.92 bits per heavy atom. The topological polar surface area (TPSA) is 189 Å². The monoisotopic (exact) mass is 685 g/mol. The van der Waals surface area contributed by atoms with Crippen molar-refractivity contribution in [3.8, 4) is 0 Å². The van der Waals surface area contributed by atoms with Crippen molar-refractivity contribution in [1.29, 1.82) is 0 Å². The van der Waals surface area contributed by atoms with Crippen LogP contribution in [0.4, 0.5) is 5.82 Å². The average Bonchev–Trinajstić information content (AvgIpc) is 3.13. The van der Waals surface area contributed by atoms with Gasteiger partial charge >= 0.3 is 0 Å². The van der Waals surface area contributed by atoms with Crippen LogP contribution in [0.5, 0.6) is 0 Å². The average molecular weight is 686 g/mol. The van der Waals surface area contributed by atoms with E-state index < -0.39 is 41.9 Å². The lowest BCUT2D eigenvalue weighted by molar-refractivity contribution is -0.138. The highest BCUT2D eigenvalue weighted by molar-refractivity contribution is 5.95. The molecule has 1 fully saturated rings. The fourth-order valence-electron chi connectivity index (χ4n) is 5.96. The fraction of sp³-hybridized carbons (Fsp3) is 0.459. The smallest absolute Gasteiger partial charge is 0.245 e. The lowest BCUT2D eigenvalue weighted by Crippen LogP contribution is -2.59. The molecule has 1 saturated heterocycles. The van der Waals surface area contributed by atoms with E-state index in [2.05, 4.69) is 30.8 Å². The van der Waals surface area contributed by atoms with E-state index in [1.807, 2.05) is 74.5 Å². The van der Waals surface area contributed by atoms with Gasteiger partial charge in [-0.25, -0.2) is 4.98 Å². The van der Waals surface area contributed by atoms with Crippen molar-refractivity contribution in [2.24, 2.45) is 17.4 Å². The van der Waals surface area contributed by atoms with Crippen LogP contribution in [0.15, 0.2) is 79.3 Å². The predicted molar refractivity (Wildman–Crippen MR) is 193 cm³/mol. The Morgan fingerprint density at radius 2 is 1.34 bits per heavy atom. The van der Waals surface area contributed by atoms with Crippen LogP contribution in [-0.2, 0) is 32.0 Å². The molecular formula is C37H51N9O4. The summed E-state index contributed by atoms with van der Waals surface area (Å²) in [6, 6.07) is 15.1. The van der Waals surface area contributed by atoms with Crippen LogP contribution in [-0.4, -0.2) is 95.4 Å². The van der Waals surface area contributed by atoms with Crippen molar-refractivity contribution in [2.75, 3.05) is 37.6 Å². The molecule has 2 heterocycles. The number of piperazine rings is 1. The van der Waals surface area contributed by atoms with Crippen molar-refractivity contribution in [2.45, 2.75) is 70.1 Å². The Balaban J connectivity index is 1.45. The molecule has 0 radical (unpaired) electrons. The Kier molecular flexibility index (Phi) is 14.7. The van der Waals surface area contributed by atoms with E-state index in [9.17, 15) is 19.2 Å². The highest BCUT2D eigenvalue weighted by Gasteiger charge is 2.33. The van der Waals surface area contributed by atoms with Gasteiger partial charge in [0.15, 0.2) is 0 Å². The Hall–Kier alpha value is -4.88. The Morgan fingerprint density at radius 1 is 0.760 bits per heavy atom. The number of nitrogens with two attached hydrogens (primary N) is 2. The molecule has 3 aromatic rings. The van der Waals surface area contributed by atoms with Gasteiger partial charge in [-0.15, -0.1) is 0 Å². The third-order valence-corrected chi connectivity index (χ3v) is 8.67. The number of hydrogen-bond donors (Lipinski definition) is 5. The molecular weight excluding hydrogens is 634 g/mol. The van der Waals surface area contributed by atoms with Gasteiger partial charge in [-0.05, 0) is 49.3 Å². The minimum absolute atomic E-state index is 0.0415. The van der Waals surface area contributed by atoms with Crippen LogP contribution >= 0.6 is 0 Å². The maximum absolute atomic E-state index is 13.9. The highest BCUT2D eigenvalue weighted by Crippen LogP contribution is 2.15. The minimum Gasteiger partial charge on any atom is -0.352 e. The summed E-state index contributed by atoms with van der Waals surface area (Å²) < 4.78 is 0. The zero-order valence-electron chi connectivity index (χ0n) is 29.0. The molecule has 0 spiro atoms. The molecule has 0 saturated carbocycles. The first-order valence-electron chi connectivity index (χ1n) is 17.4. The Bertz CT molecular complexity index is 1500. The first-order chi connectivity index (χ1) is 24.1. The Labute approximate surface area is 294 Å². The molecule has 0 bridgehead atoms. The van der Waals surface area contributed by atoms with Gasteiger partial charge < -0.3 is 37.2 Å². The molecule has 0 aliphatic carbocycles. The van der Waals surface area contributed by atoms with Crippen molar-refractivity contribution in [3.05, 3.63) is 90.4 Å². The molecule has 4 amide bonds. The van der Waals surface area contributed by atoms with Crippen LogP contribution in [0, 0.1) is 5.92 Å². The maximum Gasteiger partial charge on any atom is 0.245 e. The first kappa shape index (κ1) is 37.9. The van der Waals surface area contributed by atoms with Crippen LogP contribution < -0.4 is 32.3 Å². The summed E-state index contributed by atoms with van der Waals surface area (Å²) >= 11 is 0. The number of nitrogens with one attached hydrogen (secondary N) is 3. The molecule has 2 aromatic carbocycles. The first-order valence-corrected chi connectivity index (χ1v) is 17.4. The van der Waals surface area contributed by atoms with Gasteiger partial charge in [-0.1, -0.05) is 74.5 Å². The SMILES string of the molecule is CC(C)C[C@@H](NC(=O)[C@@H](Cc1ccccc1)NC(=O)[C@H](N)Cc1ccccc1)C(=O)N[C@H](CCCN)C(=O)N1CCN(c2cnccn2)CC1. The quantitative estimate of drug-likeness (QED) is 0.139. The van der Waals surface area contributed by atoms with E-state index in [1.54, 1.807) is 23.5 Å². The number of carbonyl (C=O) groups is 4. The lowest BCUT2D eigenvalue weighted by Gasteiger charge is -2.37. The number of hydrogen-bond acceptors (Lipinski definition) is 9. The molecule has 268 valence electrons. The largest absolute Gasteiger partial charge is 0.352 e. The van der Waals surface area contributed by atoms with Gasteiger partial charge in [0.25, 0.3) is 0 Å². The molecule has 1 aromatic heterocycles. The summed E-state index contributed by atoms with van der Waals surface area (Å²) in [6.07, 6.45) is 6.67. The fourth-order valence-corrected chi connectivity index (χ4v) is 5.96. The van der Waals surface area contributed by atoms with Crippen LogP contribution in [0.2, 0.25) is 0 Å². The predicted octanol–water partition coefficient (Wildman–Crippen LogP) is 1.18. The van der Waals surface area contributed by atoms with Crippen molar-refractivity contribution >= 4 is 29.4 Å². The second-order valence-corrected chi connectivity index (χ2v) is 13.1. The van der Waals surface area contributed by atoms with E-state index in [1.165, 1.54) is 0 Å². The standard InChI is InChI=1S/C37H51N9O4/c1-26(2)22-31(35(48)42-30(14-9-15-38)37(50)46-20-18-45(19-21-46)33-25-40-16-17-41-33)44-36(49)32(24-28-12-7-4-8-13-28)43-34(47)29(39)23-27-10-5-3-6-11-27/h3-8,10-13,16-17,25-26,29-32H,9,14-15,18-24,38-39H2,1-2H3,(H,42,48)(H,43,47)(H,44,49)/t29-,30-,31-,32-/m1/s1. The zero-order chi connectivity index (χ0) is 35.9. The summed E-state index contributed by atoms with van der Waals surface area (Å²) in [5, 5.41) is 8.66. The maximum atomic E-state index is 13.9. The summed E-state index contributed by atoms with van der Waals surface area (Å²) in [6.45, 7) is 6.35. The van der Waals surface area contributed by atoms with E-state index in [0.717, 1.165) is 16.9 Å². The summed E-state index contributed by atoms with van der Waals surface area (Å²) in [7, 11) is 0. The summed E-state index contributed by atoms with van der Waals surface area (Å²) in [5.74, 6) is -0.853. The normalized spacial score (nSPS) is 15.5. The molecule has 0 unspecified atom stereocenters. The van der Waals surface area contributed by atoms with Crippen LogP contribution in [0.3, 0.4) is 0 Å². The highest BCUT2D eigenvalue weighted by atomic mass is 16.2. The van der Waals surface area contributed by atoms with E-state index in [0.29, 0.717) is 58.4 Å². The van der Waals surface area contributed by atoms with Crippen molar-refractivity contribution in [3.63, 3.8) is 0 Å². The van der Waals surface area contributed by atoms with Crippen molar-refractivity contribution < 1.29 is 19.2 Å².